The molecule has 0 radical (unpaired) electrons. The highest BCUT2D eigenvalue weighted by molar-refractivity contribution is 7.09. The summed E-state index contributed by atoms with van der Waals surface area (Å²) >= 11 is 0.990. The molecule has 0 aromatic carbocycles. The Hall–Kier alpha value is -2.03. The van der Waals surface area contributed by atoms with Gasteiger partial charge in [0.25, 0.3) is 5.91 Å². The third-order valence-electron chi connectivity index (χ3n) is 2.00. The molecule has 0 unspecified atom stereocenters. The molecule has 2 rings (SSSR count). The van der Waals surface area contributed by atoms with Gasteiger partial charge < -0.3 is 5.73 Å². The molecule has 0 aliphatic rings. The number of nitrogens with one attached hydrogen (secondary N) is 1. The molecule has 9 heteroatoms. The summed E-state index contributed by atoms with van der Waals surface area (Å²) < 4.78 is 4.96. The van der Waals surface area contributed by atoms with E-state index in [1.807, 2.05) is 0 Å². The molecule has 0 saturated heterocycles. The maximum Gasteiger partial charge on any atom is 0.277 e. The molecular weight excluding hydrogens is 230 g/mol. The second kappa shape index (κ2) is 3.85. The summed E-state index contributed by atoms with van der Waals surface area (Å²) in [5, 5.41) is 13.9. The van der Waals surface area contributed by atoms with Crippen molar-refractivity contribution in [3.8, 4) is 0 Å². The number of nitrogens with zero attached hydrogens (tertiary/aromatic N) is 5. The van der Waals surface area contributed by atoms with Crippen molar-refractivity contribution in [2.75, 3.05) is 11.1 Å². The molecule has 0 saturated carbocycles. The van der Waals surface area contributed by atoms with Crippen LogP contribution in [0.5, 0.6) is 0 Å². The van der Waals surface area contributed by atoms with E-state index in [0.29, 0.717) is 22.2 Å². The molecule has 2 aromatic heterocycles. The van der Waals surface area contributed by atoms with Crippen LogP contribution in [0.2, 0.25) is 0 Å². The van der Waals surface area contributed by atoms with Crippen LogP contribution >= 0.6 is 11.5 Å². The number of hydrogen-bond donors (Lipinski definition) is 2. The Balaban J connectivity index is 2.27. The van der Waals surface area contributed by atoms with Gasteiger partial charge in [-0.3, -0.25) is 14.8 Å². The first kappa shape index (κ1) is 10.5. The molecule has 8 nitrogen and oxygen atoms in total. The van der Waals surface area contributed by atoms with Crippen LogP contribution in [0.4, 0.5) is 10.8 Å². The Morgan fingerprint density at radius 1 is 1.56 bits per heavy atom. The minimum absolute atomic E-state index is 0.299. The van der Waals surface area contributed by atoms with Gasteiger partial charge in [0.05, 0.1) is 11.4 Å². The molecule has 0 fully saturated rings. The van der Waals surface area contributed by atoms with E-state index in [1.54, 1.807) is 14.0 Å². The largest absolute Gasteiger partial charge is 0.395 e. The fourth-order valence-electron chi connectivity index (χ4n) is 1.28. The second-order valence-corrected chi connectivity index (χ2v) is 3.83. The molecule has 16 heavy (non-hydrogen) atoms. The number of nitrogens with two attached hydrogens (primary N) is 1. The van der Waals surface area contributed by atoms with Crippen LogP contribution in [-0.2, 0) is 7.05 Å². The first-order valence-corrected chi connectivity index (χ1v) is 5.12. The van der Waals surface area contributed by atoms with Gasteiger partial charge in [-0.1, -0.05) is 9.59 Å². The van der Waals surface area contributed by atoms with Crippen molar-refractivity contribution in [3.05, 3.63) is 11.4 Å². The van der Waals surface area contributed by atoms with Crippen molar-refractivity contribution in [3.63, 3.8) is 0 Å². The Morgan fingerprint density at radius 3 is 2.81 bits per heavy atom. The van der Waals surface area contributed by atoms with Crippen LogP contribution in [0.25, 0.3) is 0 Å². The number of aromatic nitrogens is 5. The maximum absolute atomic E-state index is 11.8. The van der Waals surface area contributed by atoms with Gasteiger partial charge in [0.1, 0.15) is 5.69 Å². The van der Waals surface area contributed by atoms with Crippen LogP contribution < -0.4 is 11.1 Å². The van der Waals surface area contributed by atoms with Crippen molar-refractivity contribution in [2.24, 2.45) is 7.05 Å². The zero-order valence-corrected chi connectivity index (χ0v) is 9.45. The summed E-state index contributed by atoms with van der Waals surface area (Å²) in [5.74, 6) is -0.376. The summed E-state index contributed by atoms with van der Waals surface area (Å²) in [7, 11) is 1.65. The lowest BCUT2D eigenvalue weighted by molar-refractivity contribution is 0.101. The van der Waals surface area contributed by atoms with E-state index in [2.05, 4.69) is 25.2 Å². The fraction of sp³-hybridized carbons (Fsp3) is 0.286. The van der Waals surface area contributed by atoms with Crippen molar-refractivity contribution in [2.45, 2.75) is 6.92 Å². The fourth-order valence-corrected chi connectivity index (χ4v) is 1.64. The average Bonchev–Trinajstić information content (AvgIpc) is 2.77. The zero-order chi connectivity index (χ0) is 11.7. The van der Waals surface area contributed by atoms with E-state index in [-0.39, 0.29) is 5.91 Å². The Morgan fingerprint density at radius 2 is 2.31 bits per heavy atom. The van der Waals surface area contributed by atoms with Crippen molar-refractivity contribution in [1.82, 2.24) is 24.6 Å². The number of anilines is 2. The number of amides is 1. The van der Waals surface area contributed by atoms with E-state index >= 15 is 0 Å². The lowest BCUT2D eigenvalue weighted by Crippen LogP contribution is -2.17. The molecule has 0 atom stereocenters. The summed E-state index contributed by atoms with van der Waals surface area (Å²) in [6.45, 7) is 1.73. The molecule has 84 valence electrons. The van der Waals surface area contributed by atoms with E-state index < -0.39 is 0 Å². The van der Waals surface area contributed by atoms with Crippen molar-refractivity contribution in [1.29, 1.82) is 0 Å². The van der Waals surface area contributed by atoms with Crippen LogP contribution in [0.1, 0.15) is 16.2 Å². The minimum Gasteiger partial charge on any atom is -0.395 e. The number of rotatable bonds is 2. The lowest BCUT2D eigenvalue weighted by Gasteiger charge is -2.01. The average molecular weight is 239 g/mol. The molecule has 3 N–H and O–H groups in total. The van der Waals surface area contributed by atoms with Crippen molar-refractivity contribution >= 4 is 28.3 Å². The van der Waals surface area contributed by atoms with Crippen LogP contribution in [0.15, 0.2) is 0 Å². The summed E-state index contributed by atoms with van der Waals surface area (Å²) in [6.07, 6.45) is 0. The molecular formula is C7H9N7OS. The van der Waals surface area contributed by atoms with Gasteiger partial charge in [0, 0.05) is 18.6 Å². The molecule has 2 aromatic rings. The van der Waals surface area contributed by atoms with Crippen LogP contribution in [0.3, 0.4) is 0 Å². The Bertz CT molecular complexity index is 517. The van der Waals surface area contributed by atoms with E-state index in [1.165, 1.54) is 4.68 Å². The first-order chi connectivity index (χ1) is 7.59. The van der Waals surface area contributed by atoms with Gasteiger partial charge in [0.15, 0.2) is 0 Å². The van der Waals surface area contributed by atoms with Gasteiger partial charge >= 0.3 is 0 Å². The lowest BCUT2D eigenvalue weighted by atomic mass is 10.3. The number of carbonyl (C=O) groups excluding carboxylic acids is 1. The summed E-state index contributed by atoms with van der Waals surface area (Å²) in [5.41, 5.74) is 7.01. The molecule has 2 heterocycles. The molecule has 0 aliphatic heterocycles. The van der Waals surface area contributed by atoms with Crippen LogP contribution in [-0.4, -0.2) is 30.5 Å². The maximum atomic E-state index is 11.8. The van der Waals surface area contributed by atoms with E-state index in [4.69, 9.17) is 5.73 Å². The van der Waals surface area contributed by atoms with Crippen LogP contribution in [0, 0.1) is 6.92 Å². The van der Waals surface area contributed by atoms with Gasteiger partial charge in [0.2, 0.25) is 5.13 Å². The monoisotopic (exact) mass is 239 g/mol. The summed E-state index contributed by atoms with van der Waals surface area (Å²) in [4.78, 5) is 11.8. The van der Waals surface area contributed by atoms with Gasteiger partial charge in [-0.15, -0.1) is 0 Å². The molecule has 0 aliphatic carbocycles. The highest BCUT2D eigenvalue weighted by Gasteiger charge is 2.18. The quantitative estimate of drug-likeness (QED) is 0.751. The highest BCUT2D eigenvalue weighted by atomic mass is 32.1. The first-order valence-electron chi connectivity index (χ1n) is 4.35. The third-order valence-corrected chi connectivity index (χ3v) is 2.51. The van der Waals surface area contributed by atoms with Gasteiger partial charge in [-0.25, -0.2) is 0 Å². The molecule has 0 bridgehead atoms. The zero-order valence-electron chi connectivity index (χ0n) is 8.63. The number of aryl methyl sites for hydroxylation is 2. The predicted octanol–water partition coefficient (Wildman–Crippen LogP) is -0.190. The molecule has 1 amide bonds. The second-order valence-electron chi connectivity index (χ2n) is 3.09. The smallest absolute Gasteiger partial charge is 0.277 e. The standard InChI is InChI=1S/C7H9N7OS/c1-3-4(8)5(14(2)11-3)6(15)9-7-10-12-13-16-7/h8H2,1-2H3,(H,9,10,13,15). The minimum atomic E-state index is -0.376. The van der Waals surface area contributed by atoms with Gasteiger partial charge in [-0.05, 0) is 12.1 Å². The topological polar surface area (TPSA) is 112 Å². The Kier molecular flexibility index (Phi) is 2.52. The number of carbonyl (C=O) groups is 1. The van der Waals surface area contributed by atoms with Crippen molar-refractivity contribution < 1.29 is 4.79 Å². The molecule has 0 spiro atoms. The predicted molar refractivity (Wildman–Crippen MR) is 58.0 cm³/mol. The van der Waals surface area contributed by atoms with Gasteiger partial charge in [-0.2, -0.15) is 5.10 Å². The highest BCUT2D eigenvalue weighted by Crippen LogP contribution is 2.17. The third kappa shape index (κ3) is 1.72. The summed E-state index contributed by atoms with van der Waals surface area (Å²) in [6, 6.07) is 0. The Labute approximate surface area is 94.6 Å². The van der Waals surface area contributed by atoms with E-state index in [0.717, 1.165) is 11.5 Å². The number of nitrogen functional groups attached to an aromatic ring is 1. The van der Waals surface area contributed by atoms with E-state index in [9.17, 15) is 4.79 Å². The normalized spacial score (nSPS) is 10.4. The SMILES string of the molecule is Cc1nn(C)c(C(=O)Nc2nnns2)c1N. The number of hydrogen-bond acceptors (Lipinski definition) is 7.